The highest BCUT2D eigenvalue weighted by Crippen LogP contribution is 2.27. The number of carbonyl (C=O) groups is 1. The smallest absolute Gasteiger partial charge is 0.289 e. The summed E-state index contributed by atoms with van der Waals surface area (Å²) in [7, 11) is 0. The molecule has 0 unspecified atom stereocenters. The number of hydrogen-bond donors (Lipinski definition) is 0. The Morgan fingerprint density at radius 1 is 1.06 bits per heavy atom. The Bertz CT molecular complexity index is 1200. The second kappa shape index (κ2) is 8.35. The monoisotopic (exact) mass is 438 g/mol. The van der Waals surface area contributed by atoms with Crippen LogP contribution in [0.15, 0.2) is 58.6 Å². The lowest BCUT2D eigenvalue weighted by molar-refractivity contribution is 0.0710. The molecular formula is C22H19FN4O3S. The molecular weight excluding hydrogens is 419 g/mol. The van der Waals surface area contributed by atoms with Crippen molar-refractivity contribution in [2.75, 3.05) is 31.1 Å². The third kappa shape index (κ3) is 4.09. The lowest BCUT2D eigenvalue weighted by Crippen LogP contribution is -2.49. The average Bonchev–Trinajstić information content (AvgIpc) is 3.48. The molecule has 1 fully saturated rings. The highest BCUT2D eigenvalue weighted by molar-refractivity contribution is 7.16. The van der Waals surface area contributed by atoms with Crippen molar-refractivity contribution in [3.05, 3.63) is 71.5 Å². The predicted octanol–water partition coefficient (Wildman–Crippen LogP) is 3.96. The minimum absolute atomic E-state index is 0.143. The minimum atomic E-state index is -0.321. The van der Waals surface area contributed by atoms with Gasteiger partial charge in [0, 0.05) is 26.2 Å². The summed E-state index contributed by atoms with van der Waals surface area (Å²) in [6, 6.07) is 11.2. The minimum Gasteiger partial charge on any atom is -0.486 e. The van der Waals surface area contributed by atoms with Crippen LogP contribution in [0.1, 0.15) is 16.3 Å². The van der Waals surface area contributed by atoms with E-state index in [0.717, 1.165) is 16.0 Å². The van der Waals surface area contributed by atoms with Crippen LogP contribution in [-0.4, -0.2) is 47.0 Å². The van der Waals surface area contributed by atoms with Crippen LogP contribution in [0, 0.1) is 5.82 Å². The van der Waals surface area contributed by atoms with Gasteiger partial charge in [-0.15, -0.1) is 11.3 Å². The van der Waals surface area contributed by atoms with Crippen LogP contribution in [0.2, 0.25) is 0 Å². The van der Waals surface area contributed by atoms with E-state index in [1.54, 1.807) is 46.8 Å². The van der Waals surface area contributed by atoms with Gasteiger partial charge in [0.1, 0.15) is 40.9 Å². The van der Waals surface area contributed by atoms with Crippen molar-refractivity contribution < 1.29 is 18.3 Å². The van der Waals surface area contributed by atoms with E-state index in [4.69, 9.17) is 9.15 Å². The molecule has 4 heterocycles. The lowest BCUT2D eigenvalue weighted by atomic mass is 10.2. The molecule has 7 nitrogen and oxygen atoms in total. The molecule has 1 amide bonds. The summed E-state index contributed by atoms with van der Waals surface area (Å²) in [5.74, 6) is 1.80. The van der Waals surface area contributed by atoms with Gasteiger partial charge >= 0.3 is 0 Å². The number of thiophene rings is 1. The predicted molar refractivity (Wildman–Crippen MR) is 115 cm³/mol. The van der Waals surface area contributed by atoms with Crippen molar-refractivity contribution in [3.63, 3.8) is 0 Å². The molecule has 31 heavy (non-hydrogen) atoms. The number of piperazine rings is 1. The zero-order valence-corrected chi connectivity index (χ0v) is 17.3. The maximum Gasteiger partial charge on any atom is 0.289 e. The molecule has 1 saturated heterocycles. The quantitative estimate of drug-likeness (QED) is 0.470. The molecule has 9 heteroatoms. The number of aromatic nitrogens is 2. The van der Waals surface area contributed by atoms with E-state index < -0.39 is 0 Å². The van der Waals surface area contributed by atoms with Crippen LogP contribution < -0.4 is 9.64 Å². The maximum atomic E-state index is 13.0. The van der Waals surface area contributed by atoms with Crippen LogP contribution >= 0.6 is 11.3 Å². The number of ether oxygens (including phenoxy) is 1. The number of nitrogens with zero attached hydrogens (tertiary/aromatic N) is 4. The summed E-state index contributed by atoms with van der Waals surface area (Å²) in [5, 5.41) is 3.06. The second-order valence-electron chi connectivity index (χ2n) is 7.12. The van der Waals surface area contributed by atoms with Crippen LogP contribution in [-0.2, 0) is 6.61 Å². The van der Waals surface area contributed by atoms with E-state index in [9.17, 15) is 9.18 Å². The highest BCUT2D eigenvalue weighted by Gasteiger charge is 2.26. The molecule has 1 aliphatic rings. The summed E-state index contributed by atoms with van der Waals surface area (Å²) in [6.07, 6.45) is 1.59. The summed E-state index contributed by atoms with van der Waals surface area (Å²) in [4.78, 5) is 26.5. The number of halogens is 1. The fourth-order valence-corrected chi connectivity index (χ4v) is 4.29. The van der Waals surface area contributed by atoms with Gasteiger partial charge in [0.05, 0.1) is 5.39 Å². The van der Waals surface area contributed by atoms with Gasteiger partial charge in [-0.2, -0.15) is 0 Å². The standard InChI is InChI=1S/C22H19FN4O3S/c23-15-1-3-16(4-2-15)29-13-17-5-6-19(30-17)22(28)27-10-8-26(9-11-27)20-18-7-12-31-21(18)25-14-24-20/h1-7,12,14H,8-11,13H2. The highest BCUT2D eigenvalue weighted by atomic mass is 32.1. The van der Waals surface area contributed by atoms with E-state index in [0.29, 0.717) is 37.7 Å². The Kier molecular flexibility index (Phi) is 5.25. The molecule has 0 radical (unpaired) electrons. The van der Waals surface area contributed by atoms with Crippen molar-refractivity contribution in [2.24, 2.45) is 0 Å². The third-order valence-electron chi connectivity index (χ3n) is 5.17. The molecule has 4 aromatic rings. The molecule has 1 aliphatic heterocycles. The SMILES string of the molecule is O=C(c1ccc(COc2ccc(F)cc2)o1)N1CCN(c2ncnc3sccc23)CC1. The van der Waals surface area contributed by atoms with Crippen molar-refractivity contribution in [1.29, 1.82) is 0 Å². The fourth-order valence-electron chi connectivity index (χ4n) is 3.56. The van der Waals surface area contributed by atoms with Gasteiger partial charge < -0.3 is 19.0 Å². The van der Waals surface area contributed by atoms with Gasteiger partial charge in [0.2, 0.25) is 0 Å². The Hall–Kier alpha value is -3.46. The van der Waals surface area contributed by atoms with Gasteiger partial charge in [-0.05, 0) is 47.8 Å². The van der Waals surface area contributed by atoms with E-state index in [-0.39, 0.29) is 24.1 Å². The number of fused-ring (bicyclic) bond motifs is 1. The first-order valence-corrected chi connectivity index (χ1v) is 10.7. The summed E-state index contributed by atoms with van der Waals surface area (Å²) >= 11 is 1.59. The van der Waals surface area contributed by atoms with Gasteiger partial charge in [-0.3, -0.25) is 4.79 Å². The Balaban J connectivity index is 1.19. The van der Waals surface area contributed by atoms with E-state index in [1.165, 1.54) is 12.1 Å². The molecule has 0 saturated carbocycles. The Morgan fingerprint density at radius 2 is 1.87 bits per heavy atom. The lowest BCUT2D eigenvalue weighted by Gasteiger charge is -2.35. The van der Waals surface area contributed by atoms with E-state index >= 15 is 0 Å². The van der Waals surface area contributed by atoms with Crippen molar-refractivity contribution >= 4 is 33.3 Å². The molecule has 158 valence electrons. The number of carbonyl (C=O) groups excluding carboxylic acids is 1. The topological polar surface area (TPSA) is 71.7 Å². The fraction of sp³-hybridized carbons (Fsp3) is 0.227. The van der Waals surface area contributed by atoms with Crippen LogP contribution in [0.25, 0.3) is 10.2 Å². The Morgan fingerprint density at radius 3 is 2.68 bits per heavy atom. The van der Waals surface area contributed by atoms with Gasteiger partial charge in [0.15, 0.2) is 5.76 Å². The number of amides is 1. The third-order valence-corrected chi connectivity index (χ3v) is 6.00. The molecule has 5 rings (SSSR count). The molecule has 0 spiro atoms. The van der Waals surface area contributed by atoms with E-state index in [1.807, 2.05) is 11.4 Å². The number of benzene rings is 1. The number of anilines is 1. The van der Waals surface area contributed by atoms with E-state index in [2.05, 4.69) is 14.9 Å². The van der Waals surface area contributed by atoms with Gasteiger partial charge in [-0.1, -0.05) is 0 Å². The zero-order valence-electron chi connectivity index (χ0n) is 16.5. The normalized spacial score (nSPS) is 14.2. The molecule has 0 N–H and O–H groups in total. The van der Waals surface area contributed by atoms with Crippen molar-refractivity contribution in [3.8, 4) is 5.75 Å². The van der Waals surface area contributed by atoms with Crippen LogP contribution in [0.3, 0.4) is 0 Å². The molecule has 0 aliphatic carbocycles. The summed E-state index contributed by atoms with van der Waals surface area (Å²) in [5.41, 5.74) is 0. The summed E-state index contributed by atoms with van der Waals surface area (Å²) < 4.78 is 24.2. The first-order valence-electron chi connectivity index (χ1n) is 9.87. The average molecular weight is 438 g/mol. The second-order valence-corrected chi connectivity index (χ2v) is 8.02. The van der Waals surface area contributed by atoms with Crippen LogP contribution in [0.5, 0.6) is 5.75 Å². The summed E-state index contributed by atoms with van der Waals surface area (Å²) in [6.45, 7) is 2.70. The van der Waals surface area contributed by atoms with Crippen molar-refractivity contribution in [1.82, 2.24) is 14.9 Å². The largest absolute Gasteiger partial charge is 0.486 e. The zero-order chi connectivity index (χ0) is 21.2. The molecule has 0 bridgehead atoms. The number of rotatable bonds is 5. The molecule has 3 aromatic heterocycles. The maximum absolute atomic E-state index is 13.0. The molecule has 1 aromatic carbocycles. The number of hydrogen-bond acceptors (Lipinski definition) is 7. The first-order chi connectivity index (χ1) is 15.2. The van der Waals surface area contributed by atoms with Crippen LogP contribution in [0.4, 0.5) is 10.2 Å². The number of furan rings is 1. The van der Waals surface area contributed by atoms with Gasteiger partial charge in [-0.25, -0.2) is 14.4 Å². The Labute approximate surface area is 181 Å². The van der Waals surface area contributed by atoms with Gasteiger partial charge in [0.25, 0.3) is 5.91 Å². The first kappa shape index (κ1) is 19.5. The molecule has 0 atom stereocenters. The van der Waals surface area contributed by atoms with Crippen molar-refractivity contribution in [2.45, 2.75) is 6.61 Å².